The molecule has 0 unspecified atom stereocenters. The van der Waals surface area contributed by atoms with E-state index >= 15 is 0 Å². The number of benzene rings is 2. The van der Waals surface area contributed by atoms with Crippen LogP contribution in [0.3, 0.4) is 0 Å². The summed E-state index contributed by atoms with van der Waals surface area (Å²) in [4.78, 5) is 24.0. The fourth-order valence-corrected chi connectivity index (χ4v) is 4.67. The van der Waals surface area contributed by atoms with Crippen LogP contribution in [0, 0.1) is 11.6 Å². The van der Waals surface area contributed by atoms with Gasteiger partial charge in [-0.1, -0.05) is 17.4 Å². The first-order valence-electron chi connectivity index (χ1n) is 9.26. The van der Waals surface area contributed by atoms with Crippen molar-refractivity contribution in [1.82, 2.24) is 9.97 Å². The third kappa shape index (κ3) is 5.00. The van der Waals surface area contributed by atoms with Crippen LogP contribution in [0.15, 0.2) is 65.7 Å². The Morgan fingerprint density at radius 3 is 2.68 bits per heavy atom. The van der Waals surface area contributed by atoms with E-state index in [0.717, 1.165) is 28.0 Å². The van der Waals surface area contributed by atoms with Gasteiger partial charge in [-0.05, 0) is 42.5 Å². The predicted octanol–water partition coefficient (Wildman–Crippen LogP) is 5.30. The number of ether oxygens (including phenoxy) is 1. The number of hydrogen-bond donors (Lipinski definition) is 0. The van der Waals surface area contributed by atoms with Crippen molar-refractivity contribution in [3.05, 3.63) is 78.1 Å². The van der Waals surface area contributed by atoms with Gasteiger partial charge in [0.25, 0.3) is 0 Å². The summed E-state index contributed by atoms with van der Waals surface area (Å²) in [6.45, 7) is 0.173. The lowest BCUT2D eigenvalue weighted by Gasteiger charge is -2.19. The van der Waals surface area contributed by atoms with Crippen LogP contribution in [0.1, 0.15) is 5.69 Å². The van der Waals surface area contributed by atoms with Crippen LogP contribution < -0.4 is 9.64 Å². The van der Waals surface area contributed by atoms with E-state index in [0.29, 0.717) is 15.5 Å². The zero-order valence-electron chi connectivity index (χ0n) is 16.4. The van der Waals surface area contributed by atoms with E-state index in [1.54, 1.807) is 25.4 Å². The predicted molar refractivity (Wildman–Crippen MR) is 119 cm³/mol. The lowest BCUT2D eigenvalue weighted by Crippen LogP contribution is -2.32. The van der Waals surface area contributed by atoms with Gasteiger partial charge in [0.2, 0.25) is 5.91 Å². The second kappa shape index (κ2) is 9.40. The molecular formula is C22H17F2N3O2S2. The first-order valence-corrected chi connectivity index (χ1v) is 11.1. The number of carbonyl (C=O) groups excluding carboxylic acids is 1. The molecule has 1 amide bonds. The molecule has 31 heavy (non-hydrogen) atoms. The van der Waals surface area contributed by atoms with Gasteiger partial charge in [0, 0.05) is 17.2 Å². The lowest BCUT2D eigenvalue weighted by molar-refractivity contribution is -0.116. The average Bonchev–Trinajstić information content (AvgIpc) is 3.21. The number of fused-ring (bicyclic) bond motifs is 1. The molecule has 4 rings (SSSR count). The van der Waals surface area contributed by atoms with E-state index in [1.165, 1.54) is 22.7 Å². The largest absolute Gasteiger partial charge is 0.497 e. The Bertz CT molecular complexity index is 1200. The minimum Gasteiger partial charge on any atom is -0.497 e. The summed E-state index contributed by atoms with van der Waals surface area (Å²) in [7, 11) is 1.59. The van der Waals surface area contributed by atoms with Gasteiger partial charge < -0.3 is 4.74 Å². The molecule has 2 aromatic carbocycles. The number of nitrogens with zero attached hydrogens (tertiary/aromatic N) is 3. The van der Waals surface area contributed by atoms with Crippen LogP contribution in [0.5, 0.6) is 5.75 Å². The summed E-state index contributed by atoms with van der Waals surface area (Å²) in [6, 6.07) is 14.8. The maximum absolute atomic E-state index is 14.2. The van der Waals surface area contributed by atoms with Crippen LogP contribution in [-0.4, -0.2) is 28.7 Å². The van der Waals surface area contributed by atoms with Crippen molar-refractivity contribution in [3.63, 3.8) is 0 Å². The van der Waals surface area contributed by atoms with Gasteiger partial charge in [0.1, 0.15) is 17.1 Å². The minimum absolute atomic E-state index is 0.0445. The van der Waals surface area contributed by atoms with Crippen LogP contribution in [0.4, 0.5) is 13.9 Å². The van der Waals surface area contributed by atoms with Crippen molar-refractivity contribution in [2.24, 2.45) is 0 Å². The third-order valence-electron chi connectivity index (χ3n) is 4.40. The van der Waals surface area contributed by atoms with Gasteiger partial charge in [-0.25, -0.2) is 13.8 Å². The van der Waals surface area contributed by atoms with Crippen molar-refractivity contribution in [2.45, 2.75) is 11.4 Å². The maximum atomic E-state index is 14.2. The van der Waals surface area contributed by atoms with E-state index in [-0.39, 0.29) is 23.7 Å². The van der Waals surface area contributed by atoms with E-state index in [2.05, 4.69) is 9.97 Å². The molecule has 0 saturated carbocycles. The molecule has 0 saturated heterocycles. The van der Waals surface area contributed by atoms with E-state index in [4.69, 9.17) is 4.74 Å². The SMILES string of the molecule is COc1ccc(SCC(=O)N(Cc2ccccn2)c2nc3c(F)cc(F)cc3s2)cc1. The highest BCUT2D eigenvalue weighted by Gasteiger charge is 2.22. The van der Waals surface area contributed by atoms with Gasteiger partial charge in [0.05, 0.1) is 29.8 Å². The average molecular weight is 458 g/mol. The Morgan fingerprint density at radius 1 is 1.16 bits per heavy atom. The van der Waals surface area contributed by atoms with Crippen LogP contribution in [0.2, 0.25) is 0 Å². The zero-order valence-corrected chi connectivity index (χ0v) is 18.1. The number of aromatic nitrogens is 2. The van der Waals surface area contributed by atoms with Gasteiger partial charge in [0.15, 0.2) is 10.9 Å². The Labute approximate surface area is 185 Å². The minimum atomic E-state index is -0.754. The van der Waals surface area contributed by atoms with Crippen molar-refractivity contribution in [1.29, 1.82) is 0 Å². The number of amides is 1. The number of methoxy groups -OCH3 is 1. The quantitative estimate of drug-likeness (QED) is 0.352. The summed E-state index contributed by atoms with van der Waals surface area (Å²) in [5, 5.41) is 0.297. The van der Waals surface area contributed by atoms with E-state index in [1.807, 2.05) is 30.3 Å². The van der Waals surface area contributed by atoms with Gasteiger partial charge in [-0.3, -0.25) is 14.7 Å². The van der Waals surface area contributed by atoms with E-state index in [9.17, 15) is 13.6 Å². The molecule has 0 aliphatic heterocycles. The number of halogens is 2. The Kier molecular flexibility index (Phi) is 6.43. The number of thiazole rings is 1. The Morgan fingerprint density at radius 2 is 1.97 bits per heavy atom. The molecule has 2 aromatic heterocycles. The first-order chi connectivity index (χ1) is 15.0. The monoisotopic (exact) mass is 457 g/mol. The standard InChI is InChI=1S/C22H17F2N3O2S2/c1-29-16-5-7-17(8-6-16)30-13-20(28)27(12-15-4-2-3-9-25-15)22-26-21-18(24)10-14(23)11-19(21)31-22/h2-11H,12-13H2,1H3. The fraction of sp³-hybridized carbons (Fsp3) is 0.136. The molecule has 0 spiro atoms. The smallest absolute Gasteiger partial charge is 0.239 e. The number of thioether (sulfide) groups is 1. The number of rotatable bonds is 7. The lowest BCUT2D eigenvalue weighted by atomic mass is 10.3. The normalized spacial score (nSPS) is 10.9. The molecule has 0 aliphatic rings. The molecule has 9 heteroatoms. The van der Waals surface area contributed by atoms with E-state index < -0.39 is 11.6 Å². The van der Waals surface area contributed by atoms with Gasteiger partial charge in [-0.15, -0.1) is 11.8 Å². The fourth-order valence-electron chi connectivity index (χ4n) is 2.87. The van der Waals surface area contributed by atoms with Crippen LogP contribution in [0.25, 0.3) is 10.2 Å². The molecule has 0 fully saturated rings. The first kappa shape index (κ1) is 21.2. The Hall–Kier alpha value is -3.04. The van der Waals surface area contributed by atoms with Crippen molar-refractivity contribution in [3.8, 4) is 5.75 Å². The molecule has 158 valence electrons. The number of anilines is 1. The maximum Gasteiger partial charge on any atom is 0.239 e. The summed E-state index contributed by atoms with van der Waals surface area (Å²) in [5.41, 5.74) is 0.708. The topological polar surface area (TPSA) is 55.3 Å². The molecular weight excluding hydrogens is 440 g/mol. The molecule has 0 aliphatic carbocycles. The summed E-state index contributed by atoms with van der Waals surface area (Å²) in [6.07, 6.45) is 1.64. The number of carbonyl (C=O) groups is 1. The highest BCUT2D eigenvalue weighted by molar-refractivity contribution is 8.00. The number of hydrogen-bond acceptors (Lipinski definition) is 6. The second-order valence-electron chi connectivity index (χ2n) is 6.50. The molecule has 2 heterocycles. The molecule has 5 nitrogen and oxygen atoms in total. The van der Waals surface area contributed by atoms with Crippen molar-refractivity contribution >= 4 is 44.4 Å². The summed E-state index contributed by atoms with van der Waals surface area (Å²) >= 11 is 2.44. The molecule has 0 bridgehead atoms. The third-order valence-corrected chi connectivity index (χ3v) is 6.42. The van der Waals surface area contributed by atoms with Gasteiger partial charge >= 0.3 is 0 Å². The second-order valence-corrected chi connectivity index (χ2v) is 8.55. The highest BCUT2D eigenvalue weighted by atomic mass is 32.2. The molecule has 0 atom stereocenters. The van der Waals surface area contributed by atoms with Crippen LogP contribution in [-0.2, 0) is 11.3 Å². The summed E-state index contributed by atoms with van der Waals surface area (Å²) in [5.74, 6) is -0.776. The van der Waals surface area contributed by atoms with Crippen molar-refractivity contribution < 1.29 is 18.3 Å². The number of pyridine rings is 1. The highest BCUT2D eigenvalue weighted by Crippen LogP contribution is 2.32. The van der Waals surface area contributed by atoms with Gasteiger partial charge in [-0.2, -0.15) is 0 Å². The zero-order chi connectivity index (χ0) is 21.8. The van der Waals surface area contributed by atoms with Crippen molar-refractivity contribution in [2.75, 3.05) is 17.8 Å². The molecule has 4 aromatic rings. The van der Waals surface area contributed by atoms with Crippen LogP contribution >= 0.6 is 23.1 Å². The summed E-state index contributed by atoms with van der Waals surface area (Å²) < 4.78 is 33.3. The molecule has 0 radical (unpaired) electrons. The Balaban J connectivity index is 1.60. The molecule has 0 N–H and O–H groups in total.